The van der Waals surface area contributed by atoms with Crippen LogP contribution in [0.1, 0.15) is 27.9 Å². The molecule has 0 saturated carbocycles. The normalized spacial score (nSPS) is 12.0. The maximum absolute atomic E-state index is 12.4. The highest BCUT2D eigenvalue weighted by Gasteiger charge is 2.23. The van der Waals surface area contributed by atoms with E-state index in [0.29, 0.717) is 12.1 Å². The Labute approximate surface area is 129 Å². The van der Waals surface area contributed by atoms with Gasteiger partial charge in [-0.15, -0.1) is 11.3 Å². The van der Waals surface area contributed by atoms with E-state index in [1.165, 1.54) is 4.88 Å². The van der Waals surface area contributed by atoms with E-state index in [1.807, 2.05) is 19.1 Å². The molecular formula is C13H20N4O2S2. The minimum atomic E-state index is -3.61. The number of rotatable bonds is 7. The molecule has 0 aromatic carbocycles. The van der Waals surface area contributed by atoms with Crippen LogP contribution in [0.5, 0.6) is 0 Å². The molecule has 2 aromatic rings. The van der Waals surface area contributed by atoms with Gasteiger partial charge in [-0.05, 0) is 32.5 Å². The quantitative estimate of drug-likeness (QED) is 0.719. The molecule has 0 aliphatic rings. The van der Waals surface area contributed by atoms with Crippen molar-refractivity contribution >= 4 is 21.4 Å². The molecular weight excluding hydrogens is 308 g/mol. The summed E-state index contributed by atoms with van der Waals surface area (Å²) in [5.74, 6) is 0. The number of hydrogen-bond acceptors (Lipinski definition) is 5. The summed E-state index contributed by atoms with van der Waals surface area (Å²) < 4.78 is 27.4. The van der Waals surface area contributed by atoms with E-state index in [2.05, 4.69) is 27.2 Å². The minimum absolute atomic E-state index is 0.0709. The second kappa shape index (κ2) is 6.69. The summed E-state index contributed by atoms with van der Waals surface area (Å²) in [5, 5.41) is 9.69. The van der Waals surface area contributed by atoms with Crippen LogP contribution in [0.4, 0.5) is 0 Å². The Kier molecular flexibility index (Phi) is 5.15. The molecule has 0 atom stereocenters. The topological polar surface area (TPSA) is 86.9 Å². The fraction of sp³-hybridized carbons (Fsp3) is 0.462. The smallest absolute Gasteiger partial charge is 0.260 e. The number of sulfonamides is 1. The van der Waals surface area contributed by atoms with Crippen molar-refractivity contribution in [2.24, 2.45) is 0 Å². The summed E-state index contributed by atoms with van der Waals surface area (Å²) in [5.41, 5.74) is 1.43. The van der Waals surface area contributed by atoms with E-state index in [9.17, 15) is 8.42 Å². The number of aromatic amines is 1. The predicted octanol–water partition coefficient (Wildman–Crippen LogP) is 1.54. The van der Waals surface area contributed by atoms with Gasteiger partial charge in [0.2, 0.25) is 0 Å². The molecule has 2 rings (SSSR count). The Balaban J connectivity index is 2.15. The maximum Gasteiger partial charge on any atom is 0.260 e. The summed E-state index contributed by atoms with van der Waals surface area (Å²) in [4.78, 5) is 2.24. The number of nitrogens with one attached hydrogen (secondary N) is 3. The van der Waals surface area contributed by atoms with Gasteiger partial charge in [-0.25, -0.2) is 13.1 Å². The molecule has 0 aliphatic carbocycles. The van der Waals surface area contributed by atoms with Gasteiger partial charge in [-0.3, -0.25) is 5.10 Å². The molecule has 0 aliphatic heterocycles. The van der Waals surface area contributed by atoms with Crippen LogP contribution in [0, 0.1) is 6.92 Å². The number of H-pyrrole nitrogens is 1. The molecule has 116 valence electrons. The Morgan fingerprint density at radius 2 is 2.00 bits per heavy atom. The lowest BCUT2D eigenvalue weighted by atomic mass is 10.3. The van der Waals surface area contributed by atoms with E-state index in [0.717, 1.165) is 17.0 Å². The Morgan fingerprint density at radius 1 is 1.29 bits per heavy atom. The van der Waals surface area contributed by atoms with Crippen molar-refractivity contribution in [2.75, 3.05) is 7.05 Å². The van der Waals surface area contributed by atoms with Crippen LogP contribution in [0.2, 0.25) is 0 Å². The minimum Gasteiger partial charge on any atom is -0.316 e. The van der Waals surface area contributed by atoms with Gasteiger partial charge in [-0.1, -0.05) is 6.92 Å². The Hall–Kier alpha value is -1.22. The molecule has 0 bridgehead atoms. The van der Waals surface area contributed by atoms with Crippen LogP contribution in [0.15, 0.2) is 17.2 Å². The molecule has 0 fully saturated rings. The van der Waals surface area contributed by atoms with Gasteiger partial charge < -0.3 is 5.32 Å². The van der Waals surface area contributed by atoms with Gasteiger partial charge in [0.25, 0.3) is 10.0 Å². The van der Waals surface area contributed by atoms with Crippen LogP contribution in [0.25, 0.3) is 0 Å². The first-order valence-corrected chi connectivity index (χ1v) is 9.03. The van der Waals surface area contributed by atoms with E-state index in [4.69, 9.17) is 0 Å². The van der Waals surface area contributed by atoms with E-state index < -0.39 is 10.0 Å². The SMILES string of the molecule is CCc1ccc(CNS(=O)(=O)c2n[nH]c(C)c2CNC)s1. The molecule has 0 radical (unpaired) electrons. The zero-order chi connectivity index (χ0) is 15.5. The molecule has 0 saturated heterocycles. The van der Waals surface area contributed by atoms with Crippen LogP contribution in [0.3, 0.4) is 0 Å². The molecule has 0 unspecified atom stereocenters. The van der Waals surface area contributed by atoms with E-state index in [-0.39, 0.29) is 11.6 Å². The van der Waals surface area contributed by atoms with Crippen molar-refractivity contribution < 1.29 is 8.42 Å². The average molecular weight is 328 g/mol. The van der Waals surface area contributed by atoms with Crippen LogP contribution in [-0.4, -0.2) is 25.7 Å². The van der Waals surface area contributed by atoms with Gasteiger partial charge in [0, 0.05) is 34.1 Å². The molecule has 0 spiro atoms. The maximum atomic E-state index is 12.4. The summed E-state index contributed by atoms with van der Waals surface area (Å²) in [6, 6.07) is 3.98. The van der Waals surface area contributed by atoms with Crippen molar-refractivity contribution in [2.45, 2.75) is 38.4 Å². The lowest BCUT2D eigenvalue weighted by molar-refractivity contribution is 0.575. The molecule has 2 heterocycles. The second-order valence-corrected chi connectivity index (χ2v) is 7.64. The fourth-order valence-corrected chi connectivity index (χ4v) is 4.17. The van der Waals surface area contributed by atoms with Crippen molar-refractivity contribution in [1.82, 2.24) is 20.2 Å². The summed E-state index contributed by atoms with van der Waals surface area (Å²) in [6.07, 6.45) is 0.961. The van der Waals surface area contributed by atoms with Crippen molar-refractivity contribution in [3.05, 3.63) is 33.1 Å². The third-order valence-corrected chi connectivity index (χ3v) is 5.75. The van der Waals surface area contributed by atoms with E-state index in [1.54, 1.807) is 18.4 Å². The molecule has 0 amide bonds. The van der Waals surface area contributed by atoms with Crippen LogP contribution >= 0.6 is 11.3 Å². The largest absolute Gasteiger partial charge is 0.316 e. The standard InChI is InChI=1S/C13H20N4O2S2/c1-4-10-5-6-11(20-10)7-15-21(18,19)13-12(8-14-3)9(2)16-17-13/h5-6,14-15H,4,7-8H2,1-3H3,(H,16,17). The summed E-state index contributed by atoms with van der Waals surface area (Å²) in [7, 11) is -1.84. The number of hydrogen-bond donors (Lipinski definition) is 3. The fourth-order valence-electron chi connectivity index (χ4n) is 1.98. The highest BCUT2D eigenvalue weighted by molar-refractivity contribution is 7.89. The van der Waals surface area contributed by atoms with Gasteiger partial charge >= 0.3 is 0 Å². The predicted molar refractivity (Wildman–Crippen MR) is 83.8 cm³/mol. The van der Waals surface area contributed by atoms with Crippen LogP contribution < -0.4 is 10.0 Å². The molecule has 8 heteroatoms. The highest BCUT2D eigenvalue weighted by Crippen LogP contribution is 2.19. The first kappa shape index (κ1) is 16.2. The third kappa shape index (κ3) is 3.70. The van der Waals surface area contributed by atoms with Crippen molar-refractivity contribution in [1.29, 1.82) is 0 Å². The van der Waals surface area contributed by atoms with E-state index >= 15 is 0 Å². The highest BCUT2D eigenvalue weighted by atomic mass is 32.2. The van der Waals surface area contributed by atoms with Gasteiger partial charge in [0.15, 0.2) is 5.03 Å². The first-order chi connectivity index (χ1) is 9.97. The van der Waals surface area contributed by atoms with Crippen LogP contribution in [-0.2, 0) is 29.5 Å². The van der Waals surface area contributed by atoms with Gasteiger partial charge in [0.1, 0.15) is 0 Å². The average Bonchev–Trinajstić information content (AvgIpc) is 3.05. The number of aromatic nitrogens is 2. The van der Waals surface area contributed by atoms with Crippen molar-refractivity contribution in [3.63, 3.8) is 0 Å². The summed E-state index contributed by atoms with van der Waals surface area (Å²) in [6.45, 7) is 4.64. The molecule has 2 aromatic heterocycles. The third-order valence-electron chi connectivity index (χ3n) is 3.15. The summed E-state index contributed by atoms with van der Waals surface area (Å²) >= 11 is 1.62. The molecule has 3 N–H and O–H groups in total. The number of aryl methyl sites for hydroxylation is 2. The lowest BCUT2D eigenvalue weighted by Gasteiger charge is -2.06. The number of thiophene rings is 1. The van der Waals surface area contributed by atoms with Crippen molar-refractivity contribution in [3.8, 4) is 0 Å². The Bertz CT molecular complexity index is 704. The molecule has 6 nitrogen and oxygen atoms in total. The molecule has 21 heavy (non-hydrogen) atoms. The zero-order valence-corrected chi connectivity index (χ0v) is 14.0. The first-order valence-electron chi connectivity index (χ1n) is 6.73. The van der Waals surface area contributed by atoms with Gasteiger partial charge in [-0.2, -0.15) is 5.10 Å². The monoisotopic (exact) mass is 328 g/mol. The zero-order valence-electron chi connectivity index (χ0n) is 12.4. The Morgan fingerprint density at radius 3 is 2.62 bits per heavy atom. The number of nitrogens with zero attached hydrogens (tertiary/aromatic N) is 1. The second-order valence-electron chi connectivity index (χ2n) is 4.71. The lowest BCUT2D eigenvalue weighted by Crippen LogP contribution is -2.25. The van der Waals surface area contributed by atoms with Gasteiger partial charge in [0.05, 0.1) is 0 Å².